The Morgan fingerprint density at radius 1 is 1.33 bits per heavy atom. The third kappa shape index (κ3) is 6.25. The second kappa shape index (κ2) is 8.53. The molecule has 1 aromatic carbocycles. The Labute approximate surface area is 108 Å². The normalized spacial score (nSPS) is 11.9. The molecule has 0 aliphatic heterocycles. The molecule has 3 N–H and O–H groups in total. The maximum Gasteiger partial charge on any atom is 0.314 e. The Balaban J connectivity index is 2.09. The molecule has 0 aromatic heterocycles. The summed E-state index contributed by atoms with van der Waals surface area (Å²) in [6, 6.07) is 10.1. The van der Waals surface area contributed by atoms with Gasteiger partial charge in [0.25, 0.3) is 0 Å². The van der Waals surface area contributed by atoms with E-state index in [1.165, 1.54) is 5.56 Å². The summed E-state index contributed by atoms with van der Waals surface area (Å²) in [7, 11) is 0. The quantitative estimate of drug-likeness (QED) is 0.645. The molecule has 0 spiro atoms. The lowest BCUT2D eigenvalue weighted by molar-refractivity contribution is 0.231. The zero-order valence-corrected chi connectivity index (χ0v) is 10.9. The van der Waals surface area contributed by atoms with Crippen LogP contribution in [0, 0.1) is 0 Å². The van der Waals surface area contributed by atoms with Gasteiger partial charge >= 0.3 is 6.03 Å². The Kier molecular flexibility index (Phi) is 6.87. The molecule has 1 aromatic rings. The van der Waals surface area contributed by atoms with Crippen molar-refractivity contribution in [1.82, 2.24) is 10.6 Å². The van der Waals surface area contributed by atoms with Gasteiger partial charge in [0.15, 0.2) is 0 Å². The van der Waals surface area contributed by atoms with Crippen molar-refractivity contribution in [2.24, 2.45) is 0 Å². The molecule has 0 saturated carbocycles. The second-order valence-electron chi connectivity index (χ2n) is 4.40. The van der Waals surface area contributed by atoms with Crippen molar-refractivity contribution in [2.45, 2.75) is 32.2 Å². The molecular weight excluding hydrogens is 228 g/mol. The lowest BCUT2D eigenvalue weighted by atomic mass is 10.1. The number of nitrogens with one attached hydrogen (secondary N) is 2. The van der Waals surface area contributed by atoms with Gasteiger partial charge in [0.1, 0.15) is 0 Å². The van der Waals surface area contributed by atoms with Crippen LogP contribution in [0.25, 0.3) is 0 Å². The van der Waals surface area contributed by atoms with E-state index in [2.05, 4.69) is 22.8 Å². The van der Waals surface area contributed by atoms with Crippen LogP contribution in [0.3, 0.4) is 0 Å². The second-order valence-corrected chi connectivity index (χ2v) is 4.40. The number of hydrogen-bond acceptors (Lipinski definition) is 2. The largest absolute Gasteiger partial charge is 0.396 e. The first-order valence-corrected chi connectivity index (χ1v) is 6.41. The standard InChI is InChI=1S/C14H22N2O2/c1-12(9-11-17)16-14(18)15-10-5-8-13-6-3-2-4-7-13/h2-4,6-7,12,17H,5,8-11H2,1H3,(H2,15,16,18)/t12-/m1/s1. The molecule has 0 heterocycles. The molecule has 0 unspecified atom stereocenters. The maximum absolute atomic E-state index is 11.4. The number of aliphatic hydroxyl groups excluding tert-OH is 1. The summed E-state index contributed by atoms with van der Waals surface area (Å²) in [6.07, 6.45) is 2.47. The third-order valence-electron chi connectivity index (χ3n) is 2.71. The van der Waals surface area contributed by atoms with Crippen LogP contribution in [0.2, 0.25) is 0 Å². The van der Waals surface area contributed by atoms with Gasteiger partial charge < -0.3 is 15.7 Å². The Morgan fingerprint density at radius 3 is 2.72 bits per heavy atom. The fraction of sp³-hybridized carbons (Fsp3) is 0.500. The summed E-state index contributed by atoms with van der Waals surface area (Å²) >= 11 is 0. The molecule has 4 nitrogen and oxygen atoms in total. The molecule has 4 heteroatoms. The van der Waals surface area contributed by atoms with E-state index in [9.17, 15) is 4.79 Å². The summed E-state index contributed by atoms with van der Waals surface area (Å²) in [5.41, 5.74) is 1.29. The van der Waals surface area contributed by atoms with Crippen LogP contribution in [-0.4, -0.2) is 30.3 Å². The van der Waals surface area contributed by atoms with Crippen molar-refractivity contribution >= 4 is 6.03 Å². The van der Waals surface area contributed by atoms with Gasteiger partial charge in [-0.3, -0.25) is 0 Å². The molecule has 1 rings (SSSR count). The molecule has 0 radical (unpaired) electrons. The van der Waals surface area contributed by atoms with Crippen LogP contribution in [0.15, 0.2) is 30.3 Å². The van der Waals surface area contributed by atoms with E-state index < -0.39 is 0 Å². The van der Waals surface area contributed by atoms with Gasteiger partial charge in [-0.1, -0.05) is 30.3 Å². The topological polar surface area (TPSA) is 61.4 Å². The highest BCUT2D eigenvalue weighted by atomic mass is 16.3. The number of carbonyl (C=O) groups is 1. The number of aliphatic hydroxyl groups is 1. The van der Waals surface area contributed by atoms with Crippen LogP contribution >= 0.6 is 0 Å². The number of benzene rings is 1. The van der Waals surface area contributed by atoms with Gasteiger partial charge in [-0.15, -0.1) is 0 Å². The summed E-state index contributed by atoms with van der Waals surface area (Å²) < 4.78 is 0. The van der Waals surface area contributed by atoms with Gasteiger partial charge in [0, 0.05) is 19.2 Å². The van der Waals surface area contributed by atoms with E-state index in [4.69, 9.17) is 5.11 Å². The van der Waals surface area contributed by atoms with Gasteiger partial charge in [0.05, 0.1) is 0 Å². The van der Waals surface area contributed by atoms with E-state index in [0.29, 0.717) is 13.0 Å². The number of aryl methyl sites for hydroxylation is 1. The lowest BCUT2D eigenvalue weighted by Crippen LogP contribution is -2.41. The average Bonchev–Trinajstić information content (AvgIpc) is 2.36. The highest BCUT2D eigenvalue weighted by Gasteiger charge is 2.05. The molecule has 1 atom stereocenters. The summed E-state index contributed by atoms with van der Waals surface area (Å²) in [5, 5.41) is 14.3. The molecule has 18 heavy (non-hydrogen) atoms. The summed E-state index contributed by atoms with van der Waals surface area (Å²) in [4.78, 5) is 11.4. The van der Waals surface area contributed by atoms with Gasteiger partial charge in [-0.2, -0.15) is 0 Å². The fourth-order valence-electron chi connectivity index (χ4n) is 1.68. The maximum atomic E-state index is 11.4. The van der Waals surface area contributed by atoms with Gasteiger partial charge in [-0.05, 0) is 31.7 Å². The molecule has 100 valence electrons. The smallest absolute Gasteiger partial charge is 0.314 e. The minimum atomic E-state index is -0.163. The zero-order chi connectivity index (χ0) is 13.2. The monoisotopic (exact) mass is 250 g/mol. The number of carbonyl (C=O) groups excluding carboxylic acids is 1. The number of urea groups is 1. The van der Waals surface area contributed by atoms with Gasteiger partial charge in [-0.25, -0.2) is 4.79 Å². The zero-order valence-electron chi connectivity index (χ0n) is 10.9. The van der Waals surface area contributed by atoms with Crippen LogP contribution in [-0.2, 0) is 6.42 Å². The lowest BCUT2D eigenvalue weighted by Gasteiger charge is -2.13. The predicted octanol–water partition coefficient (Wildman–Crippen LogP) is 1.69. The van der Waals surface area contributed by atoms with Crippen LogP contribution < -0.4 is 10.6 Å². The Hall–Kier alpha value is -1.55. The van der Waals surface area contributed by atoms with Crippen LogP contribution in [0.4, 0.5) is 4.79 Å². The number of hydrogen-bond donors (Lipinski definition) is 3. The predicted molar refractivity (Wildman–Crippen MR) is 72.5 cm³/mol. The molecule has 0 fully saturated rings. The third-order valence-corrected chi connectivity index (χ3v) is 2.71. The summed E-state index contributed by atoms with van der Waals surface area (Å²) in [5.74, 6) is 0. The number of amides is 2. The average molecular weight is 250 g/mol. The molecule has 2 amide bonds. The highest BCUT2D eigenvalue weighted by molar-refractivity contribution is 5.74. The van der Waals surface area contributed by atoms with Crippen molar-refractivity contribution in [3.8, 4) is 0 Å². The first-order chi connectivity index (χ1) is 8.72. The van der Waals surface area contributed by atoms with Crippen LogP contribution in [0.1, 0.15) is 25.3 Å². The van der Waals surface area contributed by atoms with Crippen LogP contribution in [0.5, 0.6) is 0 Å². The first-order valence-electron chi connectivity index (χ1n) is 6.41. The molecule has 0 saturated heterocycles. The Bertz CT molecular complexity index is 341. The highest BCUT2D eigenvalue weighted by Crippen LogP contribution is 2.01. The minimum Gasteiger partial charge on any atom is -0.396 e. The van der Waals surface area contributed by atoms with Crippen molar-refractivity contribution < 1.29 is 9.90 Å². The first kappa shape index (κ1) is 14.5. The van der Waals surface area contributed by atoms with E-state index in [1.54, 1.807) is 0 Å². The van der Waals surface area contributed by atoms with E-state index in [-0.39, 0.29) is 18.7 Å². The SMILES string of the molecule is C[C@H](CCO)NC(=O)NCCCc1ccccc1. The fourth-order valence-corrected chi connectivity index (χ4v) is 1.68. The van der Waals surface area contributed by atoms with Crippen molar-refractivity contribution in [3.63, 3.8) is 0 Å². The molecule has 0 aliphatic carbocycles. The number of rotatable bonds is 7. The molecule has 0 bridgehead atoms. The summed E-state index contributed by atoms with van der Waals surface area (Å²) in [6.45, 7) is 2.63. The molecular formula is C14H22N2O2. The van der Waals surface area contributed by atoms with E-state index in [1.807, 2.05) is 25.1 Å². The van der Waals surface area contributed by atoms with E-state index >= 15 is 0 Å². The van der Waals surface area contributed by atoms with E-state index in [0.717, 1.165) is 12.8 Å². The van der Waals surface area contributed by atoms with Crippen molar-refractivity contribution in [3.05, 3.63) is 35.9 Å². The molecule has 0 aliphatic rings. The van der Waals surface area contributed by atoms with Crippen molar-refractivity contribution in [1.29, 1.82) is 0 Å². The van der Waals surface area contributed by atoms with Gasteiger partial charge in [0.2, 0.25) is 0 Å². The van der Waals surface area contributed by atoms with Crippen molar-refractivity contribution in [2.75, 3.05) is 13.2 Å². The Morgan fingerprint density at radius 2 is 2.06 bits per heavy atom. The minimum absolute atomic E-state index is 0.00382.